The van der Waals surface area contributed by atoms with Crippen LogP contribution in [0.1, 0.15) is 39.8 Å². The second-order valence-electron chi connectivity index (χ2n) is 8.69. The molecule has 32 heavy (non-hydrogen) atoms. The average Bonchev–Trinajstić information content (AvgIpc) is 3.27. The van der Waals surface area contributed by atoms with Crippen LogP contribution in [-0.2, 0) is 29.4 Å². The highest BCUT2D eigenvalue weighted by molar-refractivity contribution is 5.71. The number of aliphatic hydroxyl groups is 1. The molecule has 1 saturated heterocycles. The maximum Gasteiger partial charge on any atom is 0.308 e. The number of carbonyl (C=O) groups excluding carboxylic acids is 2. The molecule has 11 heteroatoms. The molecule has 3 heterocycles. The van der Waals surface area contributed by atoms with Gasteiger partial charge in [0.15, 0.2) is 17.5 Å². The van der Waals surface area contributed by atoms with Gasteiger partial charge in [-0.15, -0.1) is 0 Å². The number of carbonyl (C=O) groups is 2. The molecule has 0 spiro atoms. The summed E-state index contributed by atoms with van der Waals surface area (Å²) in [5.74, 6) is -0.973. The highest BCUT2D eigenvalue weighted by Gasteiger charge is 2.58. The molecule has 0 amide bonds. The molecule has 176 valence electrons. The van der Waals surface area contributed by atoms with Gasteiger partial charge >= 0.3 is 11.9 Å². The summed E-state index contributed by atoms with van der Waals surface area (Å²) in [6.07, 6.45) is -1.94. The number of fused-ring (bicyclic) bond motifs is 1. The summed E-state index contributed by atoms with van der Waals surface area (Å²) in [6.45, 7) is 6.80. The molecule has 1 aliphatic rings. The molecule has 11 nitrogen and oxygen atoms in total. The topological polar surface area (TPSA) is 164 Å². The van der Waals surface area contributed by atoms with E-state index in [4.69, 9.17) is 25.7 Å². The standard InChI is InChI=1S/C21H31N5O6/c1-11(2)7-16(27)31-17-14(8-30-20(29)12(3)4)32-21(9-22,18(17)28)15-6-5-13-19(23)24-10-25-26(13)15/h5-6,10-12,14,17-18,28H,7-9,22H2,1-4H3,(H2,23,24,25)/t14-,17-,18-,21+/m1/s1. The fraction of sp³-hybridized carbons (Fsp3) is 0.619. The van der Waals surface area contributed by atoms with Crippen LogP contribution in [0.2, 0.25) is 0 Å². The Balaban J connectivity index is 1.98. The van der Waals surface area contributed by atoms with Crippen LogP contribution in [0.5, 0.6) is 0 Å². The number of hydrogen-bond acceptors (Lipinski definition) is 10. The van der Waals surface area contributed by atoms with Crippen molar-refractivity contribution in [3.05, 3.63) is 24.2 Å². The van der Waals surface area contributed by atoms with Crippen LogP contribution < -0.4 is 11.5 Å². The Morgan fingerprint density at radius 2 is 2.03 bits per heavy atom. The predicted octanol–water partition coefficient (Wildman–Crippen LogP) is 0.382. The Hall–Kier alpha value is -2.76. The molecule has 0 aromatic carbocycles. The monoisotopic (exact) mass is 449 g/mol. The van der Waals surface area contributed by atoms with Gasteiger partial charge in [0, 0.05) is 13.0 Å². The number of esters is 2. The van der Waals surface area contributed by atoms with E-state index >= 15 is 0 Å². The Bertz CT molecular complexity index is 977. The number of nitrogens with two attached hydrogens (primary N) is 2. The lowest BCUT2D eigenvalue weighted by Crippen LogP contribution is -2.48. The number of hydrogen-bond donors (Lipinski definition) is 3. The summed E-state index contributed by atoms with van der Waals surface area (Å²) < 4.78 is 18.6. The molecule has 0 saturated carbocycles. The SMILES string of the molecule is CC(C)CC(=O)O[C@H]1[C@@H](O)[C@](CN)(c2ccc3c(N)ncnn23)O[C@@H]1COC(=O)C(C)C. The van der Waals surface area contributed by atoms with Gasteiger partial charge in [0.1, 0.15) is 30.7 Å². The number of ether oxygens (including phenoxy) is 3. The second kappa shape index (κ2) is 9.39. The third kappa shape index (κ3) is 4.41. The van der Waals surface area contributed by atoms with Crippen LogP contribution in [-0.4, -0.2) is 63.1 Å². The van der Waals surface area contributed by atoms with E-state index in [1.165, 1.54) is 10.8 Å². The van der Waals surface area contributed by atoms with E-state index in [1.807, 2.05) is 13.8 Å². The number of aliphatic hydroxyl groups excluding tert-OH is 1. The van der Waals surface area contributed by atoms with Crippen molar-refractivity contribution in [2.45, 2.75) is 58.0 Å². The first-order chi connectivity index (χ1) is 15.1. The Morgan fingerprint density at radius 3 is 2.66 bits per heavy atom. The smallest absolute Gasteiger partial charge is 0.308 e. The van der Waals surface area contributed by atoms with Crippen LogP contribution in [0.25, 0.3) is 5.52 Å². The van der Waals surface area contributed by atoms with Gasteiger partial charge in [-0.3, -0.25) is 9.59 Å². The van der Waals surface area contributed by atoms with Crippen molar-refractivity contribution in [1.29, 1.82) is 0 Å². The van der Waals surface area contributed by atoms with Crippen molar-refractivity contribution < 1.29 is 28.9 Å². The highest BCUT2D eigenvalue weighted by Crippen LogP contribution is 2.41. The average molecular weight is 450 g/mol. The van der Waals surface area contributed by atoms with Gasteiger partial charge in [0.2, 0.25) is 0 Å². The molecule has 5 N–H and O–H groups in total. The maximum absolute atomic E-state index is 12.4. The molecule has 1 fully saturated rings. The van der Waals surface area contributed by atoms with Gasteiger partial charge in [-0.2, -0.15) is 5.10 Å². The first-order valence-corrected chi connectivity index (χ1v) is 10.6. The van der Waals surface area contributed by atoms with Crippen LogP contribution in [0.15, 0.2) is 18.5 Å². The van der Waals surface area contributed by atoms with Crippen molar-refractivity contribution >= 4 is 23.3 Å². The minimum atomic E-state index is -1.48. The Morgan fingerprint density at radius 1 is 1.31 bits per heavy atom. The molecule has 4 atom stereocenters. The van der Waals surface area contributed by atoms with E-state index < -0.39 is 35.9 Å². The van der Waals surface area contributed by atoms with Crippen LogP contribution in [0.3, 0.4) is 0 Å². The van der Waals surface area contributed by atoms with Crippen molar-refractivity contribution in [2.75, 3.05) is 18.9 Å². The van der Waals surface area contributed by atoms with Gasteiger partial charge in [-0.25, -0.2) is 9.50 Å². The van der Waals surface area contributed by atoms with E-state index in [0.717, 1.165) is 0 Å². The fourth-order valence-corrected chi connectivity index (χ4v) is 3.77. The lowest BCUT2D eigenvalue weighted by molar-refractivity contribution is -0.162. The molecule has 3 rings (SSSR count). The van der Waals surface area contributed by atoms with Gasteiger partial charge in [0.05, 0.1) is 11.6 Å². The summed E-state index contributed by atoms with van der Waals surface area (Å²) in [4.78, 5) is 28.4. The Labute approximate surface area is 186 Å². The van der Waals surface area contributed by atoms with Crippen LogP contribution >= 0.6 is 0 Å². The lowest BCUT2D eigenvalue weighted by Gasteiger charge is -2.30. The van der Waals surface area contributed by atoms with Crippen molar-refractivity contribution in [3.63, 3.8) is 0 Å². The first kappa shape index (κ1) is 23.9. The number of anilines is 1. The normalized spacial score (nSPS) is 25.6. The van der Waals surface area contributed by atoms with Gasteiger partial charge in [-0.05, 0) is 18.1 Å². The van der Waals surface area contributed by atoms with E-state index in [0.29, 0.717) is 11.2 Å². The molecular weight excluding hydrogens is 418 g/mol. The highest BCUT2D eigenvalue weighted by atomic mass is 16.6. The van der Waals surface area contributed by atoms with Crippen LogP contribution in [0, 0.1) is 11.8 Å². The second-order valence-corrected chi connectivity index (χ2v) is 8.69. The Kier molecular flexibility index (Phi) is 7.01. The lowest BCUT2D eigenvalue weighted by atomic mass is 9.91. The van der Waals surface area contributed by atoms with E-state index in [9.17, 15) is 14.7 Å². The fourth-order valence-electron chi connectivity index (χ4n) is 3.77. The maximum atomic E-state index is 12.4. The van der Waals surface area contributed by atoms with Crippen molar-refractivity contribution in [1.82, 2.24) is 14.6 Å². The molecule has 0 radical (unpaired) electrons. The summed E-state index contributed by atoms with van der Waals surface area (Å²) in [5.41, 5.74) is 11.5. The van der Waals surface area contributed by atoms with Gasteiger partial charge < -0.3 is 30.8 Å². The zero-order valence-corrected chi connectivity index (χ0v) is 18.7. The predicted molar refractivity (Wildman–Crippen MR) is 114 cm³/mol. The third-order valence-electron chi connectivity index (χ3n) is 5.44. The van der Waals surface area contributed by atoms with Gasteiger partial charge in [0.25, 0.3) is 0 Å². The summed E-state index contributed by atoms with van der Waals surface area (Å²) in [7, 11) is 0. The van der Waals surface area contributed by atoms with E-state index in [-0.39, 0.29) is 37.2 Å². The summed E-state index contributed by atoms with van der Waals surface area (Å²) >= 11 is 0. The minimum Gasteiger partial charge on any atom is -0.463 e. The molecule has 1 aliphatic heterocycles. The molecule has 2 aromatic heterocycles. The summed E-state index contributed by atoms with van der Waals surface area (Å²) in [5, 5.41) is 15.5. The zero-order valence-electron chi connectivity index (χ0n) is 18.7. The molecule has 0 bridgehead atoms. The van der Waals surface area contributed by atoms with E-state index in [2.05, 4.69) is 10.1 Å². The number of aromatic nitrogens is 3. The number of rotatable bonds is 8. The first-order valence-electron chi connectivity index (χ1n) is 10.6. The number of nitrogen functional groups attached to an aromatic ring is 1. The molecule has 2 aromatic rings. The summed E-state index contributed by atoms with van der Waals surface area (Å²) in [6, 6.07) is 3.36. The quantitative estimate of drug-likeness (QED) is 0.480. The van der Waals surface area contributed by atoms with Crippen molar-refractivity contribution in [3.8, 4) is 0 Å². The largest absolute Gasteiger partial charge is 0.463 e. The van der Waals surface area contributed by atoms with Crippen LogP contribution in [0.4, 0.5) is 5.82 Å². The van der Waals surface area contributed by atoms with Gasteiger partial charge in [-0.1, -0.05) is 27.7 Å². The molecular formula is C21H31N5O6. The molecule has 0 unspecified atom stereocenters. The minimum absolute atomic E-state index is 0.0627. The zero-order chi connectivity index (χ0) is 23.6. The van der Waals surface area contributed by atoms with E-state index in [1.54, 1.807) is 26.0 Å². The van der Waals surface area contributed by atoms with Crippen molar-refractivity contribution in [2.24, 2.45) is 17.6 Å². The third-order valence-corrected chi connectivity index (χ3v) is 5.44. The number of nitrogens with zero attached hydrogens (tertiary/aromatic N) is 3. The molecule has 0 aliphatic carbocycles.